The fraction of sp³-hybridized carbons (Fsp3) is 0.412. The number of ether oxygens (including phenoxy) is 2. The van der Waals surface area contributed by atoms with Gasteiger partial charge >= 0.3 is 12.1 Å². The average molecular weight is 305 g/mol. The van der Waals surface area contributed by atoms with Gasteiger partial charge in [-0.3, -0.25) is 0 Å². The van der Waals surface area contributed by atoms with Gasteiger partial charge in [0.15, 0.2) is 0 Å². The number of hydrogen-bond acceptors (Lipinski definition) is 4. The molecule has 0 spiro atoms. The predicted molar refractivity (Wildman–Crippen MR) is 84.2 cm³/mol. The van der Waals surface area contributed by atoms with E-state index in [9.17, 15) is 9.59 Å². The van der Waals surface area contributed by atoms with Crippen LogP contribution in [0.15, 0.2) is 43.0 Å². The summed E-state index contributed by atoms with van der Waals surface area (Å²) in [6, 6.07) is 8.49. The highest BCUT2D eigenvalue weighted by Gasteiger charge is 2.26. The molecule has 5 nitrogen and oxygen atoms in total. The molecule has 0 aliphatic carbocycles. The lowest BCUT2D eigenvalue weighted by atomic mass is 10.1. The van der Waals surface area contributed by atoms with Crippen LogP contribution in [-0.4, -0.2) is 23.7 Å². The zero-order valence-corrected chi connectivity index (χ0v) is 13.3. The highest BCUT2D eigenvalue weighted by molar-refractivity contribution is 5.81. The first-order valence-electron chi connectivity index (χ1n) is 7.13. The highest BCUT2D eigenvalue weighted by Crippen LogP contribution is 2.10. The number of carbonyl (C=O) groups excluding carboxylic acids is 2. The third kappa shape index (κ3) is 6.92. The van der Waals surface area contributed by atoms with E-state index >= 15 is 0 Å². The predicted octanol–water partition coefficient (Wildman–Crippen LogP) is 3.20. The summed E-state index contributed by atoms with van der Waals surface area (Å²) in [4.78, 5) is 23.8. The van der Waals surface area contributed by atoms with Gasteiger partial charge in [0.25, 0.3) is 0 Å². The zero-order valence-electron chi connectivity index (χ0n) is 13.3. The maximum absolute atomic E-state index is 12.0. The minimum atomic E-state index is -0.806. The number of alkyl carbamates (subject to hydrolysis) is 1. The second-order valence-electron chi connectivity index (χ2n) is 5.82. The van der Waals surface area contributed by atoms with Gasteiger partial charge in [-0.2, -0.15) is 0 Å². The van der Waals surface area contributed by atoms with Crippen LogP contribution < -0.4 is 5.32 Å². The topological polar surface area (TPSA) is 64.6 Å². The molecular weight excluding hydrogens is 282 g/mol. The summed E-state index contributed by atoms with van der Waals surface area (Å²) in [7, 11) is 0. The summed E-state index contributed by atoms with van der Waals surface area (Å²) >= 11 is 0. The molecule has 1 aromatic carbocycles. The lowest BCUT2D eigenvalue weighted by Crippen LogP contribution is -2.44. The Kier molecular flexibility index (Phi) is 6.63. The van der Waals surface area contributed by atoms with E-state index in [0.29, 0.717) is 0 Å². The first-order valence-corrected chi connectivity index (χ1v) is 7.13. The van der Waals surface area contributed by atoms with Crippen LogP contribution in [0.1, 0.15) is 32.8 Å². The third-order valence-electron chi connectivity index (χ3n) is 2.60. The number of carbonyl (C=O) groups is 2. The van der Waals surface area contributed by atoms with Crippen LogP contribution in [0.5, 0.6) is 0 Å². The van der Waals surface area contributed by atoms with Crippen molar-refractivity contribution < 1.29 is 19.1 Å². The van der Waals surface area contributed by atoms with Crippen LogP contribution >= 0.6 is 0 Å². The number of hydrogen-bond donors (Lipinski definition) is 1. The Morgan fingerprint density at radius 1 is 1.27 bits per heavy atom. The normalized spacial score (nSPS) is 12.1. The Morgan fingerprint density at radius 2 is 1.91 bits per heavy atom. The first kappa shape index (κ1) is 17.8. The highest BCUT2D eigenvalue weighted by atomic mass is 16.6. The average Bonchev–Trinajstić information content (AvgIpc) is 2.44. The first-order chi connectivity index (χ1) is 10.3. The summed E-state index contributed by atoms with van der Waals surface area (Å²) in [5.41, 5.74) is 0.252. The molecule has 0 aliphatic heterocycles. The molecule has 0 saturated carbocycles. The lowest BCUT2D eigenvalue weighted by molar-refractivity contribution is -0.157. The van der Waals surface area contributed by atoms with Gasteiger partial charge in [0.1, 0.15) is 18.2 Å². The number of amides is 1. The van der Waals surface area contributed by atoms with Crippen LogP contribution in [0, 0.1) is 0 Å². The van der Waals surface area contributed by atoms with Crippen LogP contribution in [-0.2, 0) is 20.9 Å². The minimum absolute atomic E-state index is 0.141. The molecule has 0 fully saturated rings. The van der Waals surface area contributed by atoms with Crippen LogP contribution in [0.4, 0.5) is 4.79 Å². The van der Waals surface area contributed by atoms with Crippen molar-refractivity contribution in [2.24, 2.45) is 0 Å². The molecule has 0 aromatic heterocycles. The SMILES string of the molecule is C=CC[C@@H](NC(=O)OCc1ccccc1)C(=O)OC(C)(C)C. The number of nitrogens with one attached hydrogen (secondary N) is 1. The third-order valence-corrected chi connectivity index (χ3v) is 2.60. The van der Waals surface area contributed by atoms with Gasteiger partial charge in [-0.1, -0.05) is 36.4 Å². The van der Waals surface area contributed by atoms with Crippen molar-refractivity contribution in [2.75, 3.05) is 0 Å². The molecule has 1 N–H and O–H groups in total. The molecule has 1 atom stereocenters. The van der Waals surface area contributed by atoms with Crippen molar-refractivity contribution in [1.29, 1.82) is 0 Å². The van der Waals surface area contributed by atoms with Crippen molar-refractivity contribution in [3.8, 4) is 0 Å². The monoisotopic (exact) mass is 305 g/mol. The van der Waals surface area contributed by atoms with E-state index in [0.717, 1.165) is 5.56 Å². The molecular formula is C17H23NO4. The standard InChI is InChI=1S/C17H23NO4/c1-5-9-14(15(19)22-17(2,3)4)18-16(20)21-12-13-10-7-6-8-11-13/h5-8,10-11,14H,1,9,12H2,2-4H3,(H,18,20)/t14-/m1/s1. The van der Waals surface area contributed by atoms with Gasteiger partial charge in [-0.15, -0.1) is 6.58 Å². The van der Waals surface area contributed by atoms with Gasteiger partial charge in [-0.05, 0) is 32.8 Å². The van der Waals surface area contributed by atoms with Crippen molar-refractivity contribution >= 4 is 12.1 Å². The maximum atomic E-state index is 12.0. The molecule has 1 amide bonds. The summed E-state index contributed by atoms with van der Waals surface area (Å²) in [5.74, 6) is -0.510. The Balaban J connectivity index is 2.53. The van der Waals surface area contributed by atoms with Crippen molar-refractivity contribution in [2.45, 2.75) is 45.4 Å². The Hall–Kier alpha value is -2.30. The van der Waals surface area contributed by atoms with E-state index in [-0.39, 0.29) is 13.0 Å². The molecule has 0 unspecified atom stereocenters. The molecule has 1 aromatic rings. The van der Waals surface area contributed by atoms with Gasteiger partial charge in [0.2, 0.25) is 0 Å². The smallest absolute Gasteiger partial charge is 0.408 e. The summed E-state index contributed by atoms with van der Waals surface area (Å²) in [6.07, 6.45) is 1.16. The van der Waals surface area contributed by atoms with Crippen molar-refractivity contribution in [3.05, 3.63) is 48.6 Å². The number of esters is 1. The van der Waals surface area contributed by atoms with Gasteiger partial charge in [-0.25, -0.2) is 9.59 Å². The van der Waals surface area contributed by atoms with E-state index in [1.165, 1.54) is 0 Å². The van der Waals surface area contributed by atoms with Gasteiger partial charge < -0.3 is 14.8 Å². The quantitative estimate of drug-likeness (QED) is 0.647. The van der Waals surface area contributed by atoms with Gasteiger partial charge in [0.05, 0.1) is 0 Å². The van der Waals surface area contributed by atoms with E-state index in [4.69, 9.17) is 9.47 Å². The Bertz CT molecular complexity index is 505. The zero-order chi connectivity index (χ0) is 16.6. The van der Waals surface area contributed by atoms with Crippen LogP contribution in [0.3, 0.4) is 0 Å². The Labute approximate surface area is 131 Å². The van der Waals surface area contributed by atoms with Crippen LogP contribution in [0.25, 0.3) is 0 Å². The van der Waals surface area contributed by atoms with E-state index in [1.54, 1.807) is 26.8 Å². The van der Waals surface area contributed by atoms with E-state index < -0.39 is 23.7 Å². The maximum Gasteiger partial charge on any atom is 0.408 e. The molecule has 0 bridgehead atoms. The lowest BCUT2D eigenvalue weighted by Gasteiger charge is -2.23. The second kappa shape index (κ2) is 8.22. The number of benzene rings is 1. The molecule has 1 rings (SSSR count). The molecule has 0 aliphatic rings. The molecule has 5 heteroatoms. The van der Waals surface area contributed by atoms with Crippen molar-refractivity contribution in [1.82, 2.24) is 5.32 Å². The summed E-state index contributed by atoms with van der Waals surface area (Å²) < 4.78 is 10.4. The minimum Gasteiger partial charge on any atom is -0.458 e. The fourth-order valence-electron chi connectivity index (χ4n) is 1.66. The van der Waals surface area contributed by atoms with Gasteiger partial charge in [0, 0.05) is 0 Å². The molecule has 0 saturated heterocycles. The van der Waals surface area contributed by atoms with Crippen molar-refractivity contribution in [3.63, 3.8) is 0 Å². The molecule has 120 valence electrons. The van der Waals surface area contributed by atoms with Crippen LogP contribution in [0.2, 0.25) is 0 Å². The largest absolute Gasteiger partial charge is 0.458 e. The molecule has 0 heterocycles. The fourth-order valence-corrected chi connectivity index (χ4v) is 1.66. The molecule has 22 heavy (non-hydrogen) atoms. The van der Waals surface area contributed by atoms with E-state index in [1.807, 2.05) is 30.3 Å². The summed E-state index contributed by atoms with van der Waals surface area (Å²) in [5, 5.41) is 2.50. The number of rotatable bonds is 6. The van der Waals surface area contributed by atoms with E-state index in [2.05, 4.69) is 11.9 Å². The molecule has 0 radical (unpaired) electrons. The summed E-state index contributed by atoms with van der Waals surface area (Å²) in [6.45, 7) is 9.02. The second-order valence-corrected chi connectivity index (χ2v) is 5.82. The Morgan fingerprint density at radius 3 is 2.45 bits per heavy atom.